The van der Waals surface area contributed by atoms with E-state index in [0.29, 0.717) is 17.5 Å². The Bertz CT molecular complexity index is 677. The number of nitrogens with zero attached hydrogens (tertiary/aromatic N) is 1. The zero-order chi connectivity index (χ0) is 13.6. The summed E-state index contributed by atoms with van der Waals surface area (Å²) in [5.74, 6) is 1.32. The third-order valence-electron chi connectivity index (χ3n) is 3.52. The minimum Gasteiger partial charge on any atom is -0.507 e. The lowest BCUT2D eigenvalue weighted by Gasteiger charge is -2.08. The van der Waals surface area contributed by atoms with Crippen LogP contribution in [0.4, 0.5) is 0 Å². The number of benzene rings is 1. The van der Waals surface area contributed by atoms with E-state index in [1.165, 1.54) is 0 Å². The zero-order valence-electron chi connectivity index (χ0n) is 11.0. The van der Waals surface area contributed by atoms with Gasteiger partial charge in [0.1, 0.15) is 11.6 Å². The molecule has 1 heterocycles. The summed E-state index contributed by atoms with van der Waals surface area (Å²) in [4.78, 5) is 19.0. The van der Waals surface area contributed by atoms with Crippen molar-refractivity contribution < 1.29 is 5.11 Å². The summed E-state index contributed by atoms with van der Waals surface area (Å²) in [5, 5.41) is 9.79. The van der Waals surface area contributed by atoms with Gasteiger partial charge in [0.05, 0.1) is 5.69 Å². The molecule has 3 rings (SSSR count). The summed E-state index contributed by atoms with van der Waals surface area (Å²) < 4.78 is 0. The predicted molar refractivity (Wildman–Crippen MR) is 73.4 cm³/mol. The summed E-state index contributed by atoms with van der Waals surface area (Å²) in [7, 11) is 0. The van der Waals surface area contributed by atoms with Crippen LogP contribution in [0.5, 0.6) is 5.75 Å². The van der Waals surface area contributed by atoms with Crippen molar-refractivity contribution in [3.05, 3.63) is 45.4 Å². The van der Waals surface area contributed by atoms with Crippen LogP contribution in [0.25, 0.3) is 11.4 Å². The SMILES string of the molecule is Cc1cc(-c2nc(C3CC3)cc(=O)[nH]2)cc(C)c1O. The lowest BCUT2D eigenvalue weighted by atomic mass is 10.1. The molecule has 1 aliphatic carbocycles. The van der Waals surface area contributed by atoms with Gasteiger partial charge in [-0.3, -0.25) is 4.79 Å². The number of phenols is 1. The molecular formula is C15H16N2O2. The minimum atomic E-state index is -0.115. The van der Waals surface area contributed by atoms with Gasteiger partial charge < -0.3 is 10.1 Å². The summed E-state index contributed by atoms with van der Waals surface area (Å²) in [5.41, 5.74) is 3.17. The van der Waals surface area contributed by atoms with Crippen LogP contribution in [0, 0.1) is 13.8 Å². The van der Waals surface area contributed by atoms with Crippen molar-refractivity contribution in [2.75, 3.05) is 0 Å². The zero-order valence-corrected chi connectivity index (χ0v) is 11.0. The number of hydrogen-bond acceptors (Lipinski definition) is 3. The smallest absolute Gasteiger partial charge is 0.251 e. The van der Waals surface area contributed by atoms with Gasteiger partial charge in [0.25, 0.3) is 5.56 Å². The molecule has 0 radical (unpaired) electrons. The van der Waals surface area contributed by atoms with Crippen molar-refractivity contribution in [2.45, 2.75) is 32.6 Å². The van der Waals surface area contributed by atoms with Crippen LogP contribution in [0.3, 0.4) is 0 Å². The summed E-state index contributed by atoms with van der Waals surface area (Å²) >= 11 is 0. The Hall–Kier alpha value is -2.10. The summed E-state index contributed by atoms with van der Waals surface area (Å²) in [6, 6.07) is 5.27. The van der Waals surface area contributed by atoms with Crippen LogP contribution in [0.1, 0.15) is 35.6 Å². The fourth-order valence-corrected chi connectivity index (χ4v) is 2.29. The van der Waals surface area contributed by atoms with Gasteiger partial charge in [0, 0.05) is 17.5 Å². The Labute approximate surface area is 111 Å². The monoisotopic (exact) mass is 256 g/mol. The quantitative estimate of drug-likeness (QED) is 0.868. The van der Waals surface area contributed by atoms with E-state index in [2.05, 4.69) is 9.97 Å². The average molecular weight is 256 g/mol. The first-order valence-electron chi connectivity index (χ1n) is 6.46. The summed E-state index contributed by atoms with van der Waals surface area (Å²) in [6.07, 6.45) is 2.23. The van der Waals surface area contributed by atoms with Gasteiger partial charge in [-0.25, -0.2) is 4.98 Å². The number of aromatic nitrogens is 2. The molecule has 0 saturated heterocycles. The van der Waals surface area contributed by atoms with Gasteiger partial charge in [0.2, 0.25) is 0 Å². The molecule has 0 atom stereocenters. The van der Waals surface area contributed by atoms with E-state index < -0.39 is 0 Å². The van der Waals surface area contributed by atoms with Gasteiger partial charge in [0.15, 0.2) is 0 Å². The molecule has 19 heavy (non-hydrogen) atoms. The van der Waals surface area contributed by atoms with E-state index in [0.717, 1.165) is 35.2 Å². The molecule has 0 aliphatic heterocycles. The number of aromatic hydroxyl groups is 1. The van der Waals surface area contributed by atoms with Crippen LogP contribution in [0.2, 0.25) is 0 Å². The second-order valence-electron chi connectivity index (χ2n) is 5.25. The first-order chi connectivity index (χ1) is 9.04. The number of hydrogen-bond donors (Lipinski definition) is 2. The van der Waals surface area contributed by atoms with E-state index in [1.54, 1.807) is 6.07 Å². The second-order valence-corrected chi connectivity index (χ2v) is 5.25. The highest BCUT2D eigenvalue weighted by atomic mass is 16.3. The van der Waals surface area contributed by atoms with E-state index in [1.807, 2.05) is 26.0 Å². The van der Waals surface area contributed by atoms with Gasteiger partial charge in [-0.1, -0.05) is 0 Å². The molecular weight excluding hydrogens is 240 g/mol. The van der Waals surface area contributed by atoms with Crippen LogP contribution in [-0.2, 0) is 0 Å². The molecule has 0 unspecified atom stereocenters. The van der Waals surface area contributed by atoms with Crippen molar-refractivity contribution in [1.29, 1.82) is 0 Å². The van der Waals surface area contributed by atoms with Crippen LogP contribution in [-0.4, -0.2) is 15.1 Å². The lowest BCUT2D eigenvalue weighted by molar-refractivity contribution is 0.467. The Balaban J connectivity index is 2.13. The molecule has 1 aromatic heterocycles. The normalized spacial score (nSPS) is 14.6. The number of H-pyrrole nitrogens is 1. The van der Waals surface area contributed by atoms with E-state index in [4.69, 9.17) is 0 Å². The summed E-state index contributed by atoms with van der Waals surface area (Å²) in [6.45, 7) is 3.68. The Morgan fingerprint density at radius 1 is 1.21 bits per heavy atom. The third-order valence-corrected chi connectivity index (χ3v) is 3.52. The Morgan fingerprint density at radius 3 is 2.42 bits per heavy atom. The first-order valence-corrected chi connectivity index (χ1v) is 6.46. The van der Waals surface area contributed by atoms with E-state index in [9.17, 15) is 9.90 Å². The van der Waals surface area contributed by atoms with Crippen molar-refractivity contribution in [2.24, 2.45) is 0 Å². The van der Waals surface area contributed by atoms with E-state index >= 15 is 0 Å². The molecule has 2 N–H and O–H groups in total. The van der Waals surface area contributed by atoms with Gasteiger partial charge in [-0.05, 0) is 49.9 Å². The maximum absolute atomic E-state index is 11.7. The molecule has 0 bridgehead atoms. The van der Waals surface area contributed by atoms with Crippen LogP contribution < -0.4 is 5.56 Å². The number of rotatable bonds is 2. The first kappa shape index (κ1) is 12.0. The number of nitrogens with one attached hydrogen (secondary N) is 1. The van der Waals surface area contributed by atoms with Crippen molar-refractivity contribution in [1.82, 2.24) is 9.97 Å². The highest BCUT2D eigenvalue weighted by molar-refractivity contribution is 5.61. The highest BCUT2D eigenvalue weighted by Crippen LogP contribution is 2.39. The second kappa shape index (κ2) is 4.23. The Kier molecular flexibility index (Phi) is 2.66. The predicted octanol–water partition coefficient (Wildman–Crippen LogP) is 2.64. The molecule has 4 nitrogen and oxygen atoms in total. The van der Waals surface area contributed by atoms with Crippen LogP contribution >= 0.6 is 0 Å². The van der Waals surface area contributed by atoms with E-state index in [-0.39, 0.29) is 5.56 Å². The fraction of sp³-hybridized carbons (Fsp3) is 0.333. The molecule has 2 aromatic rings. The molecule has 1 saturated carbocycles. The van der Waals surface area contributed by atoms with Gasteiger partial charge >= 0.3 is 0 Å². The number of aromatic amines is 1. The molecule has 0 amide bonds. The molecule has 0 spiro atoms. The molecule has 4 heteroatoms. The maximum atomic E-state index is 11.7. The van der Waals surface area contributed by atoms with Crippen molar-refractivity contribution in [3.8, 4) is 17.1 Å². The maximum Gasteiger partial charge on any atom is 0.251 e. The highest BCUT2D eigenvalue weighted by Gasteiger charge is 2.26. The fourth-order valence-electron chi connectivity index (χ4n) is 2.29. The minimum absolute atomic E-state index is 0.115. The topological polar surface area (TPSA) is 66.0 Å². The lowest BCUT2D eigenvalue weighted by Crippen LogP contribution is -2.10. The Morgan fingerprint density at radius 2 is 1.84 bits per heavy atom. The van der Waals surface area contributed by atoms with Crippen LogP contribution in [0.15, 0.2) is 23.0 Å². The third kappa shape index (κ3) is 2.26. The molecule has 98 valence electrons. The van der Waals surface area contributed by atoms with Gasteiger partial charge in [-0.15, -0.1) is 0 Å². The number of aryl methyl sites for hydroxylation is 2. The molecule has 1 fully saturated rings. The standard InChI is InChI=1S/C15H16N2O2/c1-8-5-11(6-9(2)14(8)19)15-16-12(10-3-4-10)7-13(18)17-15/h5-7,10,19H,3-4H2,1-2H3,(H,16,17,18). The van der Waals surface area contributed by atoms with Crippen molar-refractivity contribution >= 4 is 0 Å². The number of phenolic OH excluding ortho intramolecular Hbond substituents is 1. The van der Waals surface area contributed by atoms with Gasteiger partial charge in [-0.2, -0.15) is 0 Å². The van der Waals surface area contributed by atoms with Crippen molar-refractivity contribution in [3.63, 3.8) is 0 Å². The molecule has 1 aliphatic rings. The largest absolute Gasteiger partial charge is 0.507 e. The average Bonchev–Trinajstić information content (AvgIpc) is 3.18. The molecule has 1 aromatic carbocycles.